The molecule has 1 N–H and O–H groups in total. The summed E-state index contributed by atoms with van der Waals surface area (Å²) in [6.45, 7) is 9.42. The van der Waals surface area contributed by atoms with Crippen LogP contribution in [0.4, 0.5) is 5.69 Å². The van der Waals surface area contributed by atoms with Crippen molar-refractivity contribution in [1.29, 1.82) is 0 Å². The van der Waals surface area contributed by atoms with Gasteiger partial charge in [-0.1, -0.05) is 0 Å². The fourth-order valence-corrected chi connectivity index (χ4v) is 1.87. The lowest BCUT2D eigenvalue weighted by atomic mass is 9.79. The maximum atomic E-state index is 11.2. The molecule has 0 unspecified atom stereocenters. The van der Waals surface area contributed by atoms with Crippen LogP contribution in [0.2, 0.25) is 0 Å². The number of hydrogen-bond donors (Lipinski definition) is 1. The van der Waals surface area contributed by atoms with Crippen molar-refractivity contribution in [2.45, 2.75) is 45.8 Å². The zero-order valence-electron chi connectivity index (χ0n) is 12.0. The quantitative estimate of drug-likeness (QED) is 0.817. The van der Waals surface area contributed by atoms with Gasteiger partial charge in [0.05, 0.1) is 11.2 Å². The number of amides is 1. The smallest absolute Gasteiger partial charge is 0.399 e. The third kappa shape index (κ3) is 2.64. The van der Waals surface area contributed by atoms with Gasteiger partial charge < -0.3 is 14.6 Å². The van der Waals surface area contributed by atoms with Gasteiger partial charge in [0.15, 0.2) is 0 Å². The summed E-state index contributed by atoms with van der Waals surface area (Å²) in [7, 11) is -0.527. The molecule has 1 aromatic heterocycles. The van der Waals surface area contributed by atoms with E-state index in [1.807, 2.05) is 27.7 Å². The summed E-state index contributed by atoms with van der Waals surface area (Å²) in [6, 6.07) is 1.74. The van der Waals surface area contributed by atoms with Crippen molar-refractivity contribution in [3.05, 3.63) is 18.5 Å². The van der Waals surface area contributed by atoms with Crippen molar-refractivity contribution in [1.82, 2.24) is 4.98 Å². The molecule has 2 rings (SSSR count). The van der Waals surface area contributed by atoms with E-state index in [2.05, 4.69) is 10.3 Å². The van der Waals surface area contributed by atoms with Gasteiger partial charge in [0.1, 0.15) is 0 Å². The Hall–Kier alpha value is -1.40. The van der Waals surface area contributed by atoms with Gasteiger partial charge in [-0.3, -0.25) is 9.78 Å². The van der Waals surface area contributed by atoms with Gasteiger partial charge in [0.2, 0.25) is 5.91 Å². The van der Waals surface area contributed by atoms with Crippen LogP contribution in [-0.2, 0) is 14.1 Å². The molecule has 0 aromatic carbocycles. The summed E-state index contributed by atoms with van der Waals surface area (Å²) >= 11 is 0. The first-order valence-electron chi connectivity index (χ1n) is 6.30. The number of aromatic nitrogens is 1. The SMILES string of the molecule is CC(=O)Nc1ccncc1B1OC(C)(C)C(C)(C)O1. The monoisotopic (exact) mass is 262 g/mol. The Kier molecular flexibility index (Phi) is 3.41. The number of hydrogen-bond acceptors (Lipinski definition) is 4. The van der Waals surface area contributed by atoms with Crippen LogP contribution in [0.25, 0.3) is 0 Å². The molecule has 0 atom stereocenters. The van der Waals surface area contributed by atoms with Crippen molar-refractivity contribution in [2.24, 2.45) is 0 Å². The maximum Gasteiger partial charge on any atom is 0.498 e. The molecule has 1 aliphatic rings. The lowest BCUT2D eigenvalue weighted by Gasteiger charge is -2.32. The number of pyridine rings is 1. The molecule has 1 aliphatic heterocycles. The average molecular weight is 262 g/mol. The summed E-state index contributed by atoms with van der Waals surface area (Å²) in [5, 5.41) is 2.77. The van der Waals surface area contributed by atoms with E-state index in [-0.39, 0.29) is 5.91 Å². The molecule has 1 fully saturated rings. The predicted octanol–water partition coefficient (Wildman–Crippen LogP) is 1.34. The number of anilines is 1. The van der Waals surface area contributed by atoms with Crippen LogP contribution in [0.5, 0.6) is 0 Å². The van der Waals surface area contributed by atoms with E-state index in [0.717, 1.165) is 5.46 Å². The van der Waals surface area contributed by atoms with Gasteiger partial charge in [-0.15, -0.1) is 0 Å². The van der Waals surface area contributed by atoms with Crippen molar-refractivity contribution < 1.29 is 14.1 Å². The zero-order valence-corrected chi connectivity index (χ0v) is 12.0. The molecule has 102 valence electrons. The van der Waals surface area contributed by atoms with Gasteiger partial charge in [0.25, 0.3) is 0 Å². The second-order valence-electron chi connectivity index (χ2n) is 5.73. The van der Waals surface area contributed by atoms with Crippen LogP contribution in [0.1, 0.15) is 34.6 Å². The molecule has 5 nitrogen and oxygen atoms in total. The van der Waals surface area contributed by atoms with E-state index < -0.39 is 18.3 Å². The zero-order chi connectivity index (χ0) is 14.3. The van der Waals surface area contributed by atoms with E-state index >= 15 is 0 Å². The maximum absolute atomic E-state index is 11.2. The van der Waals surface area contributed by atoms with Gasteiger partial charge in [0, 0.05) is 30.5 Å². The first-order valence-corrected chi connectivity index (χ1v) is 6.30. The molecular weight excluding hydrogens is 243 g/mol. The Labute approximate surface area is 113 Å². The molecule has 19 heavy (non-hydrogen) atoms. The molecule has 1 aromatic rings. The van der Waals surface area contributed by atoms with Crippen LogP contribution >= 0.6 is 0 Å². The predicted molar refractivity (Wildman–Crippen MR) is 74.3 cm³/mol. The molecule has 0 saturated carbocycles. The van der Waals surface area contributed by atoms with Gasteiger partial charge in [-0.2, -0.15) is 0 Å². The highest BCUT2D eigenvalue weighted by molar-refractivity contribution is 6.64. The molecule has 0 bridgehead atoms. The second-order valence-corrected chi connectivity index (χ2v) is 5.73. The number of rotatable bonds is 2. The number of nitrogens with zero attached hydrogens (tertiary/aromatic N) is 1. The fourth-order valence-electron chi connectivity index (χ4n) is 1.87. The van der Waals surface area contributed by atoms with Crippen molar-refractivity contribution in [3.63, 3.8) is 0 Å². The number of carbonyl (C=O) groups is 1. The summed E-state index contributed by atoms with van der Waals surface area (Å²) in [6.07, 6.45) is 3.29. The van der Waals surface area contributed by atoms with Crippen LogP contribution in [0, 0.1) is 0 Å². The van der Waals surface area contributed by atoms with Crippen molar-refractivity contribution >= 4 is 24.2 Å². The van der Waals surface area contributed by atoms with Crippen molar-refractivity contribution in [3.8, 4) is 0 Å². The van der Waals surface area contributed by atoms with Crippen molar-refractivity contribution in [2.75, 3.05) is 5.32 Å². The molecular formula is C13H19BN2O3. The van der Waals surface area contributed by atoms with Crippen LogP contribution in [0.3, 0.4) is 0 Å². The summed E-state index contributed by atoms with van der Waals surface area (Å²) < 4.78 is 11.9. The minimum absolute atomic E-state index is 0.135. The van der Waals surface area contributed by atoms with Crippen LogP contribution in [0.15, 0.2) is 18.5 Å². The highest BCUT2D eigenvalue weighted by Crippen LogP contribution is 2.36. The molecule has 2 heterocycles. The van der Waals surface area contributed by atoms with E-state index in [1.54, 1.807) is 18.5 Å². The van der Waals surface area contributed by atoms with Gasteiger partial charge in [-0.25, -0.2) is 0 Å². The molecule has 0 radical (unpaired) electrons. The van der Waals surface area contributed by atoms with E-state index in [4.69, 9.17) is 9.31 Å². The Balaban J connectivity index is 2.32. The van der Waals surface area contributed by atoms with E-state index in [0.29, 0.717) is 5.69 Å². The second kappa shape index (κ2) is 4.61. The van der Waals surface area contributed by atoms with Gasteiger partial charge in [-0.05, 0) is 33.8 Å². The summed E-state index contributed by atoms with van der Waals surface area (Å²) in [4.78, 5) is 15.3. The Morgan fingerprint density at radius 3 is 2.37 bits per heavy atom. The first-order chi connectivity index (χ1) is 8.73. The lowest BCUT2D eigenvalue weighted by molar-refractivity contribution is -0.114. The Bertz CT molecular complexity index is 486. The third-order valence-corrected chi connectivity index (χ3v) is 3.67. The third-order valence-electron chi connectivity index (χ3n) is 3.67. The van der Waals surface area contributed by atoms with Crippen LogP contribution < -0.4 is 10.8 Å². The molecule has 6 heteroatoms. The molecule has 1 saturated heterocycles. The first kappa shape index (κ1) is 14.0. The Morgan fingerprint density at radius 2 is 1.84 bits per heavy atom. The topological polar surface area (TPSA) is 60.5 Å². The van der Waals surface area contributed by atoms with Gasteiger partial charge >= 0.3 is 7.12 Å². The fraction of sp³-hybridized carbons (Fsp3) is 0.538. The minimum atomic E-state index is -0.527. The largest absolute Gasteiger partial charge is 0.498 e. The van der Waals surface area contributed by atoms with Crippen LogP contribution in [-0.4, -0.2) is 29.2 Å². The highest BCUT2D eigenvalue weighted by atomic mass is 16.7. The minimum Gasteiger partial charge on any atom is -0.399 e. The number of nitrogens with one attached hydrogen (secondary N) is 1. The Morgan fingerprint density at radius 1 is 1.26 bits per heavy atom. The number of carbonyl (C=O) groups excluding carboxylic acids is 1. The molecule has 0 aliphatic carbocycles. The average Bonchev–Trinajstić information content (AvgIpc) is 2.48. The highest BCUT2D eigenvalue weighted by Gasteiger charge is 2.52. The summed E-state index contributed by atoms with van der Waals surface area (Å²) in [5.41, 5.74) is 0.569. The standard InChI is InChI=1S/C13H19BN2O3/c1-9(17)16-11-6-7-15-8-10(11)14-18-12(2,3)13(4,5)19-14/h6-8H,1-5H3,(H,15,16,17). The molecule has 1 amide bonds. The summed E-state index contributed by atoms with van der Waals surface area (Å²) in [5.74, 6) is -0.135. The van der Waals surface area contributed by atoms with E-state index in [1.165, 1.54) is 6.92 Å². The van der Waals surface area contributed by atoms with E-state index in [9.17, 15) is 4.79 Å². The molecule has 0 spiro atoms. The lowest BCUT2D eigenvalue weighted by Crippen LogP contribution is -2.41. The normalized spacial score (nSPS) is 20.4.